The number of hydrogen-bond donors (Lipinski definition) is 0. The van der Waals surface area contributed by atoms with Crippen LogP contribution in [-0.2, 0) is 29.1 Å². The van der Waals surface area contributed by atoms with Crippen LogP contribution in [0.15, 0.2) is 84.9 Å². The molecule has 0 radical (unpaired) electrons. The zero-order chi connectivity index (χ0) is 18.5. The Bertz CT molecular complexity index is 893. The Morgan fingerprint density at radius 1 is 0.852 bits per heavy atom. The Labute approximate surface area is 160 Å². The number of hydrogen-bond acceptors (Lipinski definition) is 3. The minimum Gasteiger partial charge on any atom is -0.461 e. The van der Waals surface area contributed by atoms with E-state index in [1.165, 1.54) is 16.8 Å². The first kappa shape index (κ1) is 17.3. The number of rotatable bonds is 5. The van der Waals surface area contributed by atoms with Gasteiger partial charge in [-0.3, -0.25) is 4.79 Å². The molecule has 0 unspecified atom stereocenters. The van der Waals surface area contributed by atoms with Gasteiger partial charge in [-0.1, -0.05) is 78.9 Å². The van der Waals surface area contributed by atoms with Crippen LogP contribution in [-0.4, -0.2) is 12.5 Å². The molecule has 0 spiro atoms. The molecule has 1 aliphatic rings. The van der Waals surface area contributed by atoms with Crippen molar-refractivity contribution in [2.45, 2.75) is 19.6 Å². The molecule has 0 aliphatic carbocycles. The highest BCUT2D eigenvalue weighted by atomic mass is 16.5. The largest absolute Gasteiger partial charge is 0.461 e. The summed E-state index contributed by atoms with van der Waals surface area (Å²) in [5.74, 6) is -0.265. The molecule has 27 heavy (non-hydrogen) atoms. The van der Waals surface area contributed by atoms with Crippen molar-refractivity contribution in [1.29, 1.82) is 0 Å². The zero-order valence-corrected chi connectivity index (χ0v) is 15.3. The van der Waals surface area contributed by atoms with E-state index in [4.69, 9.17) is 4.74 Å². The molecule has 4 rings (SSSR count). The van der Waals surface area contributed by atoms with E-state index in [1.807, 2.05) is 42.5 Å². The average Bonchev–Trinajstić information content (AvgIpc) is 2.73. The van der Waals surface area contributed by atoms with E-state index in [9.17, 15) is 4.79 Å². The first-order valence-electron chi connectivity index (χ1n) is 9.37. The van der Waals surface area contributed by atoms with Crippen molar-refractivity contribution in [2.75, 3.05) is 11.4 Å². The molecule has 0 amide bonds. The van der Waals surface area contributed by atoms with Gasteiger partial charge in [-0.2, -0.15) is 0 Å². The van der Waals surface area contributed by atoms with Gasteiger partial charge in [0.15, 0.2) is 0 Å². The molecule has 3 aromatic rings. The van der Waals surface area contributed by atoms with Crippen LogP contribution in [0.3, 0.4) is 0 Å². The van der Waals surface area contributed by atoms with Crippen LogP contribution >= 0.6 is 0 Å². The van der Waals surface area contributed by atoms with Crippen LogP contribution in [0, 0.1) is 5.92 Å². The average molecular weight is 357 g/mol. The summed E-state index contributed by atoms with van der Waals surface area (Å²) in [6, 6.07) is 28.6. The lowest BCUT2D eigenvalue weighted by molar-refractivity contribution is -0.149. The third-order valence-corrected chi connectivity index (χ3v) is 5.01. The number of esters is 1. The third kappa shape index (κ3) is 4.20. The normalized spacial score (nSPS) is 15.9. The fourth-order valence-corrected chi connectivity index (χ4v) is 3.64. The second kappa shape index (κ2) is 8.09. The van der Waals surface area contributed by atoms with Crippen molar-refractivity contribution < 1.29 is 9.53 Å². The van der Waals surface area contributed by atoms with Gasteiger partial charge in [0.25, 0.3) is 0 Å². The number of fused-ring (bicyclic) bond motifs is 1. The van der Waals surface area contributed by atoms with Crippen molar-refractivity contribution >= 4 is 11.7 Å². The molecule has 1 atom stereocenters. The first-order chi connectivity index (χ1) is 13.3. The molecule has 0 saturated heterocycles. The number of carbonyl (C=O) groups excluding carboxylic acids is 1. The highest BCUT2D eigenvalue weighted by molar-refractivity contribution is 5.76. The Kier molecular flexibility index (Phi) is 5.20. The molecule has 136 valence electrons. The van der Waals surface area contributed by atoms with Crippen LogP contribution in [0.4, 0.5) is 5.69 Å². The maximum absolute atomic E-state index is 12.7. The molecule has 0 fully saturated rings. The Morgan fingerprint density at radius 3 is 2.22 bits per heavy atom. The minimum atomic E-state index is -0.146. The molecule has 0 bridgehead atoms. The molecule has 0 aromatic heterocycles. The summed E-state index contributed by atoms with van der Waals surface area (Å²) in [4.78, 5) is 15.0. The van der Waals surface area contributed by atoms with E-state index in [0.717, 1.165) is 18.5 Å². The van der Waals surface area contributed by atoms with Crippen molar-refractivity contribution in [3.8, 4) is 0 Å². The van der Waals surface area contributed by atoms with Gasteiger partial charge in [0, 0.05) is 18.8 Å². The molecule has 0 saturated carbocycles. The van der Waals surface area contributed by atoms with Crippen molar-refractivity contribution in [2.24, 2.45) is 5.92 Å². The van der Waals surface area contributed by atoms with E-state index in [0.29, 0.717) is 13.2 Å². The molecular formula is C24H23NO2. The topological polar surface area (TPSA) is 29.5 Å². The summed E-state index contributed by atoms with van der Waals surface area (Å²) >= 11 is 0. The van der Waals surface area contributed by atoms with Gasteiger partial charge in [0.1, 0.15) is 6.61 Å². The van der Waals surface area contributed by atoms with Gasteiger partial charge in [0.05, 0.1) is 5.92 Å². The summed E-state index contributed by atoms with van der Waals surface area (Å²) in [6.45, 7) is 1.80. The Balaban J connectivity index is 1.49. The molecular weight excluding hydrogens is 334 g/mol. The highest BCUT2D eigenvalue weighted by Gasteiger charge is 2.30. The smallest absolute Gasteiger partial charge is 0.311 e. The van der Waals surface area contributed by atoms with Crippen LogP contribution in [0.5, 0.6) is 0 Å². The summed E-state index contributed by atoms with van der Waals surface area (Å²) in [5.41, 5.74) is 4.68. The highest BCUT2D eigenvalue weighted by Crippen LogP contribution is 2.31. The van der Waals surface area contributed by atoms with Gasteiger partial charge in [-0.15, -0.1) is 0 Å². The molecule has 0 N–H and O–H groups in total. The lowest BCUT2D eigenvalue weighted by Gasteiger charge is -2.35. The lowest BCUT2D eigenvalue weighted by atomic mass is 9.92. The van der Waals surface area contributed by atoms with Crippen molar-refractivity contribution in [3.05, 3.63) is 102 Å². The van der Waals surface area contributed by atoms with Crippen LogP contribution < -0.4 is 4.90 Å². The molecule has 3 nitrogen and oxygen atoms in total. The maximum atomic E-state index is 12.7. The number of para-hydroxylation sites is 1. The molecule has 3 heteroatoms. The van der Waals surface area contributed by atoms with Gasteiger partial charge < -0.3 is 9.64 Å². The van der Waals surface area contributed by atoms with E-state index < -0.39 is 0 Å². The standard InChI is InChI=1S/C24H23NO2/c26-24(27-18-20-11-5-2-6-12-20)22-15-21-13-7-8-14-23(21)25(17-22)16-19-9-3-1-4-10-19/h1-14,22H,15-18H2/t22-/m1/s1. The number of nitrogens with zero attached hydrogens (tertiary/aromatic N) is 1. The number of ether oxygens (including phenoxy) is 1. The minimum absolute atomic E-state index is 0.119. The molecule has 1 aliphatic heterocycles. The predicted octanol–water partition coefficient (Wildman–Crippen LogP) is 4.61. The fraction of sp³-hybridized carbons (Fsp3) is 0.208. The van der Waals surface area contributed by atoms with Gasteiger partial charge in [-0.25, -0.2) is 0 Å². The number of carbonyl (C=O) groups is 1. The van der Waals surface area contributed by atoms with E-state index in [2.05, 4.69) is 47.4 Å². The van der Waals surface area contributed by atoms with Crippen molar-refractivity contribution in [3.63, 3.8) is 0 Å². The van der Waals surface area contributed by atoms with Gasteiger partial charge in [0.2, 0.25) is 0 Å². The van der Waals surface area contributed by atoms with Crippen LogP contribution in [0.1, 0.15) is 16.7 Å². The molecule has 1 heterocycles. The van der Waals surface area contributed by atoms with E-state index in [1.54, 1.807) is 0 Å². The summed E-state index contributed by atoms with van der Waals surface area (Å²) in [7, 11) is 0. The zero-order valence-electron chi connectivity index (χ0n) is 15.3. The summed E-state index contributed by atoms with van der Waals surface area (Å²) in [6.07, 6.45) is 0.731. The van der Waals surface area contributed by atoms with E-state index >= 15 is 0 Å². The third-order valence-electron chi connectivity index (χ3n) is 5.01. The van der Waals surface area contributed by atoms with Gasteiger partial charge >= 0.3 is 5.97 Å². The number of benzene rings is 3. The number of anilines is 1. The van der Waals surface area contributed by atoms with Gasteiger partial charge in [-0.05, 0) is 29.2 Å². The Morgan fingerprint density at radius 2 is 1.48 bits per heavy atom. The quantitative estimate of drug-likeness (QED) is 0.625. The molecule has 3 aromatic carbocycles. The van der Waals surface area contributed by atoms with Crippen molar-refractivity contribution in [1.82, 2.24) is 0 Å². The summed E-state index contributed by atoms with van der Waals surface area (Å²) < 4.78 is 5.62. The van der Waals surface area contributed by atoms with E-state index in [-0.39, 0.29) is 11.9 Å². The first-order valence-corrected chi connectivity index (χ1v) is 9.37. The lowest BCUT2D eigenvalue weighted by Crippen LogP contribution is -2.39. The summed E-state index contributed by atoms with van der Waals surface area (Å²) in [5, 5.41) is 0. The second-order valence-electron chi connectivity index (χ2n) is 6.99. The van der Waals surface area contributed by atoms with Crippen LogP contribution in [0.25, 0.3) is 0 Å². The van der Waals surface area contributed by atoms with Crippen LogP contribution in [0.2, 0.25) is 0 Å². The fourth-order valence-electron chi connectivity index (χ4n) is 3.64. The predicted molar refractivity (Wildman–Crippen MR) is 107 cm³/mol. The Hall–Kier alpha value is -3.07. The maximum Gasteiger partial charge on any atom is 0.311 e. The second-order valence-corrected chi connectivity index (χ2v) is 6.99. The SMILES string of the molecule is O=C(OCc1ccccc1)[C@@H]1Cc2ccccc2N(Cc2ccccc2)C1. The monoisotopic (exact) mass is 357 g/mol.